The molecule has 1 atom stereocenters. The van der Waals surface area contributed by atoms with Gasteiger partial charge in [-0.25, -0.2) is 0 Å². The molecule has 1 aromatic heterocycles. The molecular formula is C15H17BrN2OS. The molecule has 1 heterocycles. The average molecular weight is 353 g/mol. The zero-order valence-electron chi connectivity index (χ0n) is 11.7. The standard InChI is InChI=1S/C15H17BrN2OS/c1-9-11(15(19)17-3)5-4-6-12(9)18-10(2)13-7-8-14(16)20-13/h4-8,10,18H,1-3H3,(H,17,19). The highest BCUT2D eigenvalue weighted by atomic mass is 79.9. The number of anilines is 1. The summed E-state index contributed by atoms with van der Waals surface area (Å²) >= 11 is 5.19. The summed E-state index contributed by atoms with van der Waals surface area (Å²) < 4.78 is 1.12. The molecule has 2 aromatic rings. The Morgan fingerprint density at radius 2 is 2.05 bits per heavy atom. The lowest BCUT2D eigenvalue weighted by atomic mass is 10.1. The van der Waals surface area contributed by atoms with Crippen molar-refractivity contribution in [2.75, 3.05) is 12.4 Å². The Balaban J connectivity index is 2.23. The molecule has 0 radical (unpaired) electrons. The Labute approximate surface area is 131 Å². The second kappa shape index (κ2) is 6.41. The van der Waals surface area contributed by atoms with Crippen LogP contribution in [0.25, 0.3) is 0 Å². The molecular weight excluding hydrogens is 336 g/mol. The van der Waals surface area contributed by atoms with Crippen molar-refractivity contribution < 1.29 is 4.79 Å². The van der Waals surface area contributed by atoms with Crippen LogP contribution in [-0.2, 0) is 0 Å². The minimum atomic E-state index is -0.0577. The van der Waals surface area contributed by atoms with Crippen LogP contribution < -0.4 is 10.6 Å². The molecule has 0 bridgehead atoms. The fourth-order valence-electron chi connectivity index (χ4n) is 2.04. The summed E-state index contributed by atoms with van der Waals surface area (Å²) in [4.78, 5) is 13.1. The number of amides is 1. The molecule has 20 heavy (non-hydrogen) atoms. The van der Waals surface area contributed by atoms with E-state index in [1.54, 1.807) is 18.4 Å². The van der Waals surface area contributed by atoms with Crippen LogP contribution in [0.1, 0.15) is 33.8 Å². The van der Waals surface area contributed by atoms with E-state index in [1.165, 1.54) is 4.88 Å². The topological polar surface area (TPSA) is 41.1 Å². The van der Waals surface area contributed by atoms with Crippen LogP contribution in [0.2, 0.25) is 0 Å². The van der Waals surface area contributed by atoms with Gasteiger partial charge in [-0.1, -0.05) is 6.07 Å². The van der Waals surface area contributed by atoms with Crippen molar-refractivity contribution >= 4 is 38.9 Å². The number of carbonyl (C=O) groups is 1. The second-order valence-corrected chi connectivity index (χ2v) is 7.06. The first-order valence-electron chi connectivity index (χ1n) is 6.36. The Bertz CT molecular complexity index is 624. The summed E-state index contributed by atoms with van der Waals surface area (Å²) in [5.41, 5.74) is 2.66. The molecule has 2 N–H and O–H groups in total. The minimum Gasteiger partial charge on any atom is -0.377 e. The van der Waals surface area contributed by atoms with Crippen molar-refractivity contribution in [3.8, 4) is 0 Å². The zero-order chi connectivity index (χ0) is 14.7. The van der Waals surface area contributed by atoms with E-state index in [0.717, 1.165) is 15.0 Å². The molecule has 2 rings (SSSR count). The predicted octanol–water partition coefficient (Wildman–Crippen LogP) is 4.35. The van der Waals surface area contributed by atoms with Gasteiger partial charge in [0.2, 0.25) is 0 Å². The molecule has 5 heteroatoms. The van der Waals surface area contributed by atoms with Crippen molar-refractivity contribution in [1.82, 2.24) is 5.32 Å². The van der Waals surface area contributed by atoms with Crippen molar-refractivity contribution in [3.05, 3.63) is 50.1 Å². The number of nitrogens with one attached hydrogen (secondary N) is 2. The molecule has 0 saturated carbocycles. The van der Waals surface area contributed by atoms with Gasteiger partial charge in [-0.05, 0) is 59.6 Å². The van der Waals surface area contributed by atoms with Crippen LogP contribution in [0.5, 0.6) is 0 Å². The number of hydrogen-bond acceptors (Lipinski definition) is 3. The molecule has 0 saturated heterocycles. The highest BCUT2D eigenvalue weighted by Crippen LogP contribution is 2.30. The number of rotatable bonds is 4. The van der Waals surface area contributed by atoms with Crippen LogP contribution in [0.4, 0.5) is 5.69 Å². The van der Waals surface area contributed by atoms with E-state index in [4.69, 9.17) is 0 Å². The summed E-state index contributed by atoms with van der Waals surface area (Å²) in [7, 11) is 1.65. The maximum atomic E-state index is 11.8. The number of benzene rings is 1. The normalized spacial score (nSPS) is 12.0. The lowest BCUT2D eigenvalue weighted by molar-refractivity contribution is 0.0962. The molecule has 0 fully saturated rings. The first kappa shape index (κ1) is 15.1. The SMILES string of the molecule is CNC(=O)c1cccc(NC(C)c2ccc(Br)s2)c1C. The second-order valence-electron chi connectivity index (χ2n) is 4.57. The fourth-order valence-corrected chi connectivity index (χ4v) is 3.46. The Hall–Kier alpha value is -1.33. The first-order valence-corrected chi connectivity index (χ1v) is 7.97. The summed E-state index contributed by atoms with van der Waals surface area (Å²) in [5.74, 6) is -0.0577. The Kier molecular flexibility index (Phi) is 4.83. The van der Waals surface area contributed by atoms with Gasteiger partial charge in [0.05, 0.1) is 9.83 Å². The van der Waals surface area contributed by atoms with Gasteiger partial charge in [-0.3, -0.25) is 4.79 Å². The van der Waals surface area contributed by atoms with E-state index in [-0.39, 0.29) is 11.9 Å². The van der Waals surface area contributed by atoms with Crippen molar-refractivity contribution in [2.45, 2.75) is 19.9 Å². The van der Waals surface area contributed by atoms with Gasteiger partial charge in [-0.2, -0.15) is 0 Å². The maximum absolute atomic E-state index is 11.8. The van der Waals surface area contributed by atoms with E-state index in [0.29, 0.717) is 5.56 Å². The largest absolute Gasteiger partial charge is 0.377 e. The predicted molar refractivity (Wildman–Crippen MR) is 88.6 cm³/mol. The quantitative estimate of drug-likeness (QED) is 0.858. The zero-order valence-corrected chi connectivity index (χ0v) is 14.1. The monoisotopic (exact) mass is 352 g/mol. The average Bonchev–Trinajstić information content (AvgIpc) is 2.87. The lowest BCUT2D eigenvalue weighted by Crippen LogP contribution is -2.19. The van der Waals surface area contributed by atoms with E-state index < -0.39 is 0 Å². The first-order chi connectivity index (χ1) is 9.52. The van der Waals surface area contributed by atoms with Crippen molar-refractivity contribution in [2.24, 2.45) is 0 Å². The lowest BCUT2D eigenvalue weighted by Gasteiger charge is -2.17. The maximum Gasteiger partial charge on any atom is 0.251 e. The summed E-state index contributed by atoms with van der Waals surface area (Å²) in [6, 6.07) is 10.1. The van der Waals surface area contributed by atoms with Gasteiger partial charge in [0, 0.05) is 23.2 Å². The molecule has 0 aliphatic carbocycles. The minimum absolute atomic E-state index is 0.0577. The smallest absolute Gasteiger partial charge is 0.251 e. The van der Waals surface area contributed by atoms with E-state index >= 15 is 0 Å². The highest BCUT2D eigenvalue weighted by molar-refractivity contribution is 9.11. The Morgan fingerprint density at radius 3 is 2.65 bits per heavy atom. The molecule has 0 spiro atoms. The molecule has 1 unspecified atom stereocenters. The van der Waals surface area contributed by atoms with E-state index in [9.17, 15) is 4.79 Å². The van der Waals surface area contributed by atoms with Crippen LogP contribution >= 0.6 is 27.3 Å². The Morgan fingerprint density at radius 1 is 1.30 bits per heavy atom. The molecule has 0 aliphatic heterocycles. The third kappa shape index (κ3) is 3.22. The third-order valence-electron chi connectivity index (χ3n) is 3.20. The van der Waals surface area contributed by atoms with Gasteiger partial charge in [0.1, 0.15) is 0 Å². The van der Waals surface area contributed by atoms with E-state index in [1.807, 2.05) is 31.2 Å². The van der Waals surface area contributed by atoms with Crippen LogP contribution in [0, 0.1) is 6.92 Å². The number of thiophene rings is 1. The number of halogens is 1. The van der Waals surface area contributed by atoms with Gasteiger partial charge in [0.25, 0.3) is 5.91 Å². The summed E-state index contributed by atoms with van der Waals surface area (Å²) in [6.45, 7) is 4.08. The summed E-state index contributed by atoms with van der Waals surface area (Å²) in [5, 5.41) is 6.14. The van der Waals surface area contributed by atoms with Gasteiger partial charge in [0.15, 0.2) is 0 Å². The van der Waals surface area contributed by atoms with Crippen LogP contribution in [0.15, 0.2) is 34.1 Å². The molecule has 1 aromatic carbocycles. The van der Waals surface area contributed by atoms with Crippen LogP contribution in [0.3, 0.4) is 0 Å². The highest BCUT2D eigenvalue weighted by Gasteiger charge is 2.13. The molecule has 0 aliphatic rings. The molecule has 1 amide bonds. The third-order valence-corrected chi connectivity index (χ3v) is 5.00. The van der Waals surface area contributed by atoms with Crippen LogP contribution in [-0.4, -0.2) is 13.0 Å². The van der Waals surface area contributed by atoms with Crippen molar-refractivity contribution in [1.29, 1.82) is 0 Å². The fraction of sp³-hybridized carbons (Fsp3) is 0.267. The summed E-state index contributed by atoms with van der Waals surface area (Å²) in [6.07, 6.45) is 0. The molecule has 3 nitrogen and oxygen atoms in total. The van der Waals surface area contributed by atoms with Crippen molar-refractivity contribution in [3.63, 3.8) is 0 Å². The number of carbonyl (C=O) groups excluding carboxylic acids is 1. The van der Waals surface area contributed by atoms with E-state index in [2.05, 4.69) is 39.6 Å². The van der Waals surface area contributed by atoms with Gasteiger partial charge >= 0.3 is 0 Å². The van der Waals surface area contributed by atoms with Gasteiger partial charge < -0.3 is 10.6 Å². The molecule has 106 valence electrons. The number of hydrogen-bond donors (Lipinski definition) is 2. The van der Waals surface area contributed by atoms with Gasteiger partial charge in [-0.15, -0.1) is 11.3 Å².